The summed E-state index contributed by atoms with van der Waals surface area (Å²) in [6.07, 6.45) is 0.415. The smallest absolute Gasteiger partial charge is 0.251 e. The molecule has 0 aliphatic carbocycles. The van der Waals surface area contributed by atoms with Gasteiger partial charge in [-0.1, -0.05) is 17.3 Å². The summed E-state index contributed by atoms with van der Waals surface area (Å²) in [6, 6.07) is 12.5. The molecule has 138 valence electrons. The lowest BCUT2D eigenvalue weighted by atomic mass is 10.2. The highest BCUT2D eigenvalue weighted by Crippen LogP contribution is 2.32. The van der Waals surface area contributed by atoms with Crippen LogP contribution in [-0.2, 0) is 6.42 Å². The maximum atomic E-state index is 12.3. The summed E-state index contributed by atoms with van der Waals surface area (Å²) >= 11 is 0. The molecular formula is C19H17N3O5. The molecule has 1 amide bonds. The number of nitrogens with zero attached hydrogens (tertiary/aromatic N) is 2. The molecule has 4 rings (SSSR count). The Kier molecular flexibility index (Phi) is 4.61. The van der Waals surface area contributed by atoms with Crippen LogP contribution < -0.4 is 19.5 Å². The number of ether oxygens (including phenoxy) is 3. The highest BCUT2D eigenvalue weighted by Gasteiger charge is 2.17. The predicted molar refractivity (Wildman–Crippen MR) is 94.9 cm³/mol. The lowest BCUT2D eigenvalue weighted by Gasteiger charge is -2.04. The molecule has 1 aliphatic heterocycles. The largest absolute Gasteiger partial charge is 0.496 e. The van der Waals surface area contributed by atoms with Crippen LogP contribution in [0, 0.1) is 0 Å². The Bertz CT molecular complexity index is 969. The van der Waals surface area contributed by atoms with Crippen LogP contribution in [0.25, 0.3) is 11.4 Å². The van der Waals surface area contributed by atoms with E-state index in [0.717, 1.165) is 5.56 Å². The van der Waals surface area contributed by atoms with Crippen molar-refractivity contribution in [2.45, 2.75) is 6.42 Å². The molecule has 0 unspecified atom stereocenters. The first-order valence-electron chi connectivity index (χ1n) is 8.38. The van der Waals surface area contributed by atoms with Gasteiger partial charge in [-0.2, -0.15) is 4.98 Å². The molecule has 2 heterocycles. The fourth-order valence-corrected chi connectivity index (χ4v) is 2.72. The first kappa shape index (κ1) is 16.9. The van der Waals surface area contributed by atoms with Crippen LogP contribution in [0.5, 0.6) is 17.2 Å². The molecule has 1 N–H and O–H groups in total. The number of carbonyl (C=O) groups is 1. The van der Waals surface area contributed by atoms with Gasteiger partial charge in [0.15, 0.2) is 11.5 Å². The molecule has 0 spiro atoms. The van der Waals surface area contributed by atoms with Gasteiger partial charge >= 0.3 is 0 Å². The Balaban J connectivity index is 1.36. The van der Waals surface area contributed by atoms with Crippen LogP contribution in [0.4, 0.5) is 0 Å². The highest BCUT2D eigenvalue weighted by molar-refractivity contribution is 5.94. The van der Waals surface area contributed by atoms with Crippen molar-refractivity contribution in [2.24, 2.45) is 0 Å². The highest BCUT2D eigenvalue weighted by atomic mass is 16.7. The summed E-state index contributed by atoms with van der Waals surface area (Å²) < 4.78 is 21.1. The molecule has 0 radical (unpaired) electrons. The van der Waals surface area contributed by atoms with Gasteiger partial charge in [-0.05, 0) is 30.3 Å². The van der Waals surface area contributed by atoms with Crippen molar-refractivity contribution in [1.82, 2.24) is 15.5 Å². The number of amides is 1. The molecule has 3 aromatic rings. The third-order valence-electron chi connectivity index (χ3n) is 4.08. The van der Waals surface area contributed by atoms with Crippen LogP contribution >= 0.6 is 0 Å². The number of fused-ring (bicyclic) bond motifs is 1. The fourth-order valence-electron chi connectivity index (χ4n) is 2.72. The molecular weight excluding hydrogens is 350 g/mol. The Morgan fingerprint density at radius 3 is 2.93 bits per heavy atom. The second kappa shape index (κ2) is 7.36. The van der Waals surface area contributed by atoms with Crippen molar-refractivity contribution in [2.75, 3.05) is 20.4 Å². The Morgan fingerprint density at radius 1 is 1.19 bits per heavy atom. The minimum absolute atomic E-state index is 0.173. The van der Waals surface area contributed by atoms with Crippen LogP contribution in [-0.4, -0.2) is 36.5 Å². The second-order valence-corrected chi connectivity index (χ2v) is 5.79. The number of hydrogen-bond acceptors (Lipinski definition) is 7. The number of para-hydroxylation sites is 1. The van der Waals surface area contributed by atoms with Crippen LogP contribution in [0.2, 0.25) is 0 Å². The monoisotopic (exact) mass is 367 g/mol. The second-order valence-electron chi connectivity index (χ2n) is 5.79. The van der Waals surface area contributed by atoms with E-state index in [9.17, 15) is 4.79 Å². The molecule has 8 nitrogen and oxygen atoms in total. The molecule has 0 saturated carbocycles. The molecule has 1 aliphatic rings. The van der Waals surface area contributed by atoms with Gasteiger partial charge in [0, 0.05) is 18.5 Å². The molecule has 0 fully saturated rings. The van der Waals surface area contributed by atoms with E-state index >= 15 is 0 Å². The zero-order valence-corrected chi connectivity index (χ0v) is 14.6. The predicted octanol–water partition coefficient (Wildman–Crippen LogP) is 2.45. The summed E-state index contributed by atoms with van der Waals surface area (Å²) in [5.41, 5.74) is 1.25. The third-order valence-corrected chi connectivity index (χ3v) is 4.08. The molecule has 8 heteroatoms. The van der Waals surface area contributed by atoms with Gasteiger partial charge in [-0.15, -0.1) is 0 Å². The van der Waals surface area contributed by atoms with Crippen LogP contribution in [0.1, 0.15) is 16.2 Å². The summed E-state index contributed by atoms with van der Waals surface area (Å²) in [7, 11) is 1.59. The van der Waals surface area contributed by atoms with Crippen molar-refractivity contribution in [3.63, 3.8) is 0 Å². The summed E-state index contributed by atoms with van der Waals surface area (Å²) in [4.78, 5) is 16.6. The topological polar surface area (TPSA) is 95.7 Å². The Labute approximate surface area is 155 Å². The zero-order chi connectivity index (χ0) is 18.6. The maximum absolute atomic E-state index is 12.3. The van der Waals surface area contributed by atoms with Gasteiger partial charge in [0.05, 0.1) is 12.7 Å². The van der Waals surface area contributed by atoms with Gasteiger partial charge in [0.2, 0.25) is 18.5 Å². The first-order valence-corrected chi connectivity index (χ1v) is 8.38. The van der Waals surface area contributed by atoms with Crippen molar-refractivity contribution >= 4 is 5.91 Å². The first-order chi connectivity index (χ1) is 13.2. The molecule has 0 atom stereocenters. The van der Waals surface area contributed by atoms with Gasteiger partial charge in [0.25, 0.3) is 5.91 Å². The quantitative estimate of drug-likeness (QED) is 0.715. The zero-order valence-electron chi connectivity index (χ0n) is 14.6. The van der Waals surface area contributed by atoms with E-state index in [-0.39, 0.29) is 12.7 Å². The summed E-state index contributed by atoms with van der Waals surface area (Å²) in [5, 5.41) is 6.80. The molecule has 2 aromatic carbocycles. The molecule has 27 heavy (non-hydrogen) atoms. The lowest BCUT2D eigenvalue weighted by molar-refractivity contribution is 0.0953. The number of aromatic nitrogens is 2. The van der Waals surface area contributed by atoms with Gasteiger partial charge in [-0.25, -0.2) is 0 Å². The fraction of sp³-hybridized carbons (Fsp3) is 0.211. The normalized spacial score (nSPS) is 12.0. The Morgan fingerprint density at radius 2 is 2.04 bits per heavy atom. The van der Waals surface area contributed by atoms with E-state index < -0.39 is 0 Å². The van der Waals surface area contributed by atoms with Crippen molar-refractivity contribution < 1.29 is 23.5 Å². The standard InChI is InChI=1S/C19H17N3O5/c1-24-14-5-3-2-4-13(14)18-21-17(27-22-18)8-9-20-19(23)12-6-7-15-16(10-12)26-11-25-15/h2-7,10H,8-9,11H2,1H3,(H,20,23). The minimum Gasteiger partial charge on any atom is -0.496 e. The number of methoxy groups -OCH3 is 1. The molecule has 1 aromatic heterocycles. The average Bonchev–Trinajstić information content (AvgIpc) is 3.36. The van der Waals surface area contributed by atoms with E-state index in [0.29, 0.717) is 47.5 Å². The number of benzene rings is 2. The van der Waals surface area contributed by atoms with E-state index in [1.54, 1.807) is 25.3 Å². The van der Waals surface area contributed by atoms with E-state index in [1.807, 2.05) is 24.3 Å². The third kappa shape index (κ3) is 3.55. The van der Waals surface area contributed by atoms with Crippen molar-refractivity contribution in [1.29, 1.82) is 0 Å². The van der Waals surface area contributed by atoms with E-state index in [2.05, 4.69) is 15.5 Å². The average molecular weight is 367 g/mol. The number of carbonyl (C=O) groups excluding carboxylic acids is 1. The van der Waals surface area contributed by atoms with Crippen molar-refractivity contribution in [3.8, 4) is 28.6 Å². The lowest BCUT2D eigenvalue weighted by Crippen LogP contribution is -2.25. The van der Waals surface area contributed by atoms with E-state index in [4.69, 9.17) is 18.7 Å². The molecule has 0 bridgehead atoms. The van der Waals surface area contributed by atoms with Gasteiger partial charge in [-0.3, -0.25) is 4.79 Å². The maximum Gasteiger partial charge on any atom is 0.251 e. The Hall–Kier alpha value is -3.55. The van der Waals surface area contributed by atoms with Crippen molar-refractivity contribution in [3.05, 3.63) is 53.9 Å². The molecule has 0 saturated heterocycles. The minimum atomic E-state index is -0.210. The van der Waals surface area contributed by atoms with Crippen LogP contribution in [0.3, 0.4) is 0 Å². The van der Waals surface area contributed by atoms with Gasteiger partial charge in [0.1, 0.15) is 5.75 Å². The van der Waals surface area contributed by atoms with Gasteiger partial charge < -0.3 is 24.1 Å². The number of hydrogen-bond donors (Lipinski definition) is 1. The number of nitrogens with one attached hydrogen (secondary N) is 1. The number of rotatable bonds is 6. The van der Waals surface area contributed by atoms with Crippen LogP contribution in [0.15, 0.2) is 47.0 Å². The summed E-state index contributed by atoms with van der Waals surface area (Å²) in [6.45, 7) is 0.535. The SMILES string of the molecule is COc1ccccc1-c1noc(CCNC(=O)c2ccc3c(c2)OCO3)n1. The summed E-state index contributed by atoms with van der Waals surface area (Å²) in [5.74, 6) is 2.55. The van der Waals surface area contributed by atoms with E-state index in [1.165, 1.54) is 0 Å².